The van der Waals surface area contributed by atoms with Crippen LogP contribution in [0.2, 0.25) is 0 Å². The highest BCUT2D eigenvalue weighted by Gasteiger charge is 2.26. The summed E-state index contributed by atoms with van der Waals surface area (Å²) in [6.45, 7) is 0. The van der Waals surface area contributed by atoms with E-state index in [1.165, 1.54) is 49.9 Å². The van der Waals surface area contributed by atoms with E-state index in [2.05, 4.69) is 170 Å². The molecule has 3 heteroatoms. The second kappa shape index (κ2) is 12.3. The molecule has 2 aromatic heterocycles. The second-order valence-electron chi connectivity index (χ2n) is 14.3. The highest BCUT2D eigenvalue weighted by atomic mass is 14.9. The van der Waals surface area contributed by atoms with Crippen molar-refractivity contribution >= 4 is 10.9 Å². The van der Waals surface area contributed by atoms with E-state index in [0.717, 1.165) is 74.6 Å². The van der Waals surface area contributed by atoms with Crippen molar-refractivity contribution in [2.45, 2.75) is 12.8 Å². The van der Waals surface area contributed by atoms with Crippen molar-refractivity contribution in [3.63, 3.8) is 0 Å². The lowest BCUT2D eigenvalue weighted by atomic mass is 9.94. The lowest BCUT2D eigenvalue weighted by molar-refractivity contribution is 1.16. The van der Waals surface area contributed by atoms with Crippen LogP contribution in [0.5, 0.6) is 0 Å². The van der Waals surface area contributed by atoms with Crippen molar-refractivity contribution in [3.05, 3.63) is 198 Å². The number of hydrogen-bond acceptors (Lipinski definition) is 3. The first-order chi connectivity index (χ1) is 26.7. The molecule has 0 saturated heterocycles. The van der Waals surface area contributed by atoms with E-state index < -0.39 is 0 Å². The van der Waals surface area contributed by atoms with Gasteiger partial charge in [0.25, 0.3) is 0 Å². The minimum Gasteiger partial charge on any atom is -0.247 e. The van der Waals surface area contributed by atoms with Gasteiger partial charge in [0.05, 0.1) is 22.6 Å². The number of para-hydroxylation sites is 1. The maximum absolute atomic E-state index is 5.27. The zero-order valence-electron chi connectivity index (χ0n) is 29.5. The standard InChI is InChI=1S/C51H33N3/c1-2-12-33(13-3-1)47-31-48(54-51(53-47)42-22-11-21-41-39-18-6-4-14-36(39)29-44(41)42)34-26-24-32(25-27-34)35-16-10-17-38(28-35)50-45-30-37-15-5-7-19-40(37)49(45)43-20-8-9-23-46(43)52-50/h1-28,31H,29-30H2. The molecule has 0 bridgehead atoms. The molecular formula is C51H33N3. The largest absolute Gasteiger partial charge is 0.247 e. The third-order valence-electron chi connectivity index (χ3n) is 11.2. The third-order valence-corrected chi connectivity index (χ3v) is 11.2. The SMILES string of the molecule is c1ccc(-c2cc(-c3ccc(-c4cccc(-c5nc6ccccc6c6c5Cc5ccccc5-6)c4)cc3)nc(-c3cccc4c3Cc3ccccc3-4)n2)cc1. The topological polar surface area (TPSA) is 38.7 Å². The zero-order valence-corrected chi connectivity index (χ0v) is 29.5. The average Bonchev–Trinajstić information content (AvgIpc) is 3.83. The summed E-state index contributed by atoms with van der Waals surface area (Å²) in [5.74, 6) is 0.755. The Kier molecular flexibility index (Phi) is 6.99. The van der Waals surface area contributed by atoms with Gasteiger partial charge in [0.15, 0.2) is 5.82 Å². The van der Waals surface area contributed by atoms with Crippen LogP contribution in [0.3, 0.4) is 0 Å². The molecule has 0 aliphatic heterocycles. The monoisotopic (exact) mass is 687 g/mol. The molecule has 0 atom stereocenters. The zero-order chi connectivity index (χ0) is 35.6. The fraction of sp³-hybridized carbons (Fsp3) is 0.0392. The molecule has 0 unspecified atom stereocenters. The van der Waals surface area contributed by atoms with Crippen LogP contribution in [-0.4, -0.2) is 15.0 Å². The van der Waals surface area contributed by atoms with Crippen molar-refractivity contribution in [1.82, 2.24) is 15.0 Å². The lowest BCUT2D eigenvalue weighted by Gasteiger charge is -2.14. The summed E-state index contributed by atoms with van der Waals surface area (Å²) >= 11 is 0. The Labute approximate surface area is 314 Å². The van der Waals surface area contributed by atoms with Crippen molar-refractivity contribution in [2.75, 3.05) is 0 Å². The normalized spacial score (nSPS) is 12.3. The van der Waals surface area contributed by atoms with Crippen LogP contribution >= 0.6 is 0 Å². The summed E-state index contributed by atoms with van der Waals surface area (Å²) in [5.41, 5.74) is 21.1. The summed E-state index contributed by atoms with van der Waals surface area (Å²) in [4.78, 5) is 15.7. The first-order valence-electron chi connectivity index (χ1n) is 18.6. The molecular weight excluding hydrogens is 655 g/mol. The Hall–Kier alpha value is -6.97. The van der Waals surface area contributed by atoms with Crippen LogP contribution in [0.4, 0.5) is 0 Å². The van der Waals surface area contributed by atoms with Crippen LogP contribution in [0, 0.1) is 0 Å². The van der Waals surface area contributed by atoms with Crippen molar-refractivity contribution < 1.29 is 0 Å². The van der Waals surface area contributed by atoms with E-state index in [0.29, 0.717) is 0 Å². The summed E-state index contributed by atoms with van der Waals surface area (Å²) in [5, 5.41) is 1.22. The van der Waals surface area contributed by atoms with Gasteiger partial charge in [-0.1, -0.05) is 158 Å². The highest BCUT2D eigenvalue weighted by molar-refractivity contribution is 6.02. The first-order valence-corrected chi connectivity index (χ1v) is 18.6. The molecule has 2 aliphatic carbocycles. The molecule has 9 aromatic rings. The fourth-order valence-corrected chi connectivity index (χ4v) is 8.60. The average molecular weight is 688 g/mol. The quantitative estimate of drug-likeness (QED) is 0.181. The van der Waals surface area contributed by atoms with Crippen LogP contribution in [-0.2, 0) is 12.8 Å². The van der Waals surface area contributed by atoms with Crippen LogP contribution in [0.25, 0.3) is 89.4 Å². The number of nitrogens with zero attached hydrogens (tertiary/aromatic N) is 3. The first kappa shape index (κ1) is 30.6. The Morgan fingerprint density at radius 2 is 0.926 bits per heavy atom. The number of benzene rings is 7. The number of pyridine rings is 1. The summed E-state index contributed by atoms with van der Waals surface area (Å²) in [6.07, 6.45) is 1.77. The molecule has 0 N–H and O–H groups in total. The van der Waals surface area contributed by atoms with E-state index in [4.69, 9.17) is 15.0 Å². The smallest absolute Gasteiger partial charge is 0.160 e. The van der Waals surface area contributed by atoms with E-state index in [1.807, 2.05) is 6.07 Å². The van der Waals surface area contributed by atoms with Crippen molar-refractivity contribution in [1.29, 1.82) is 0 Å². The van der Waals surface area contributed by atoms with Gasteiger partial charge < -0.3 is 0 Å². The fourth-order valence-electron chi connectivity index (χ4n) is 8.60. The molecule has 2 heterocycles. The van der Waals surface area contributed by atoms with Gasteiger partial charge in [-0.3, -0.25) is 0 Å². The molecule has 0 radical (unpaired) electrons. The molecule has 0 spiro atoms. The Bertz CT molecular complexity index is 2930. The molecule has 7 aromatic carbocycles. The molecule has 252 valence electrons. The van der Waals surface area contributed by atoms with Crippen molar-refractivity contribution in [2.24, 2.45) is 0 Å². The number of aromatic nitrogens is 3. The van der Waals surface area contributed by atoms with Crippen LogP contribution in [0.15, 0.2) is 176 Å². The maximum atomic E-state index is 5.27. The van der Waals surface area contributed by atoms with Gasteiger partial charge in [-0.2, -0.15) is 0 Å². The van der Waals surface area contributed by atoms with Gasteiger partial charge in [-0.15, -0.1) is 0 Å². The summed E-state index contributed by atoms with van der Waals surface area (Å²) < 4.78 is 0. The Balaban J connectivity index is 0.983. The van der Waals surface area contributed by atoms with Crippen LogP contribution in [0.1, 0.15) is 22.3 Å². The van der Waals surface area contributed by atoms with E-state index in [1.54, 1.807) is 0 Å². The Morgan fingerprint density at radius 1 is 0.352 bits per heavy atom. The minimum atomic E-state index is 0.755. The van der Waals surface area contributed by atoms with Crippen molar-refractivity contribution in [3.8, 4) is 78.5 Å². The third kappa shape index (κ3) is 5.01. The summed E-state index contributed by atoms with van der Waals surface area (Å²) in [6, 6.07) is 62.8. The number of rotatable bonds is 5. The second-order valence-corrected chi connectivity index (χ2v) is 14.3. The molecule has 3 nitrogen and oxygen atoms in total. The van der Waals surface area contributed by atoms with Gasteiger partial charge in [0.2, 0.25) is 0 Å². The molecule has 0 fully saturated rings. The molecule has 54 heavy (non-hydrogen) atoms. The van der Waals surface area contributed by atoms with Gasteiger partial charge in [-0.25, -0.2) is 15.0 Å². The molecule has 0 saturated carbocycles. The van der Waals surface area contributed by atoms with E-state index in [9.17, 15) is 0 Å². The maximum Gasteiger partial charge on any atom is 0.160 e. The Morgan fingerprint density at radius 3 is 1.76 bits per heavy atom. The van der Waals surface area contributed by atoms with Gasteiger partial charge >= 0.3 is 0 Å². The number of fused-ring (bicyclic) bond motifs is 8. The molecule has 11 rings (SSSR count). The van der Waals surface area contributed by atoms with Crippen LogP contribution < -0.4 is 0 Å². The van der Waals surface area contributed by atoms with Gasteiger partial charge in [-0.05, 0) is 80.3 Å². The molecule has 2 aliphatic rings. The van der Waals surface area contributed by atoms with E-state index in [-0.39, 0.29) is 0 Å². The van der Waals surface area contributed by atoms with Gasteiger partial charge in [0, 0.05) is 34.1 Å². The molecule has 0 amide bonds. The number of hydrogen-bond donors (Lipinski definition) is 0. The van der Waals surface area contributed by atoms with E-state index >= 15 is 0 Å². The predicted molar refractivity (Wildman–Crippen MR) is 221 cm³/mol. The lowest BCUT2D eigenvalue weighted by Crippen LogP contribution is -1.98. The predicted octanol–water partition coefficient (Wildman–Crippen LogP) is 12.5. The highest BCUT2D eigenvalue weighted by Crippen LogP contribution is 2.45. The van der Waals surface area contributed by atoms with Gasteiger partial charge in [0.1, 0.15) is 0 Å². The minimum absolute atomic E-state index is 0.755. The summed E-state index contributed by atoms with van der Waals surface area (Å²) in [7, 11) is 0.